The van der Waals surface area contributed by atoms with Crippen molar-refractivity contribution in [3.05, 3.63) is 59.2 Å². The van der Waals surface area contributed by atoms with Crippen LogP contribution in [0.5, 0.6) is 5.88 Å². The van der Waals surface area contributed by atoms with Gasteiger partial charge in [-0.2, -0.15) is 0 Å². The summed E-state index contributed by atoms with van der Waals surface area (Å²) in [5.41, 5.74) is -0.213. The molecule has 6 nitrogen and oxygen atoms in total. The van der Waals surface area contributed by atoms with E-state index in [9.17, 15) is 5.11 Å². The lowest BCUT2D eigenvalue weighted by Gasteiger charge is -2.22. The molecule has 0 aliphatic carbocycles. The summed E-state index contributed by atoms with van der Waals surface area (Å²) < 4.78 is 5.54. The zero-order valence-corrected chi connectivity index (χ0v) is 18.6. The molecule has 0 radical (unpaired) electrons. The molecule has 0 aliphatic rings. The van der Waals surface area contributed by atoms with Gasteiger partial charge in [0.2, 0.25) is 5.88 Å². The topological polar surface area (TPSA) is 78.8 Å². The Balaban J connectivity index is 0.00000364. The SMILES string of the molecule is CCNC(=NCC(C)(O)c1ccccc1)NCCOc1ncccc1Cl.I. The molecule has 1 aromatic carbocycles. The first-order chi connectivity index (χ1) is 12.5. The molecule has 0 bridgehead atoms. The number of aliphatic hydroxyl groups is 1. The van der Waals surface area contributed by atoms with Crippen molar-refractivity contribution in [3.8, 4) is 5.88 Å². The van der Waals surface area contributed by atoms with Gasteiger partial charge in [-0.1, -0.05) is 41.9 Å². The number of halogens is 2. The van der Waals surface area contributed by atoms with E-state index in [0.717, 1.165) is 5.56 Å². The molecule has 8 heteroatoms. The molecular weight excluding hydrogens is 479 g/mol. The fraction of sp³-hybridized carbons (Fsp3) is 0.368. The predicted octanol–water partition coefficient (Wildman–Crippen LogP) is 3.19. The molecule has 27 heavy (non-hydrogen) atoms. The van der Waals surface area contributed by atoms with E-state index in [4.69, 9.17) is 16.3 Å². The number of aromatic nitrogens is 1. The van der Waals surface area contributed by atoms with E-state index in [-0.39, 0.29) is 30.5 Å². The minimum Gasteiger partial charge on any atom is -0.475 e. The van der Waals surface area contributed by atoms with Crippen LogP contribution in [0.1, 0.15) is 19.4 Å². The van der Waals surface area contributed by atoms with Gasteiger partial charge in [0, 0.05) is 12.7 Å². The molecule has 0 aliphatic heterocycles. The van der Waals surface area contributed by atoms with Crippen molar-refractivity contribution < 1.29 is 9.84 Å². The monoisotopic (exact) mass is 504 g/mol. The van der Waals surface area contributed by atoms with Gasteiger partial charge >= 0.3 is 0 Å². The normalized spacial score (nSPS) is 13.3. The van der Waals surface area contributed by atoms with Crippen molar-refractivity contribution in [1.82, 2.24) is 15.6 Å². The average Bonchev–Trinajstić information content (AvgIpc) is 2.65. The second-order valence-electron chi connectivity index (χ2n) is 5.90. The number of benzene rings is 1. The van der Waals surface area contributed by atoms with E-state index in [1.54, 1.807) is 25.3 Å². The molecule has 1 unspecified atom stereocenters. The summed E-state index contributed by atoms with van der Waals surface area (Å²) in [5.74, 6) is 1.02. The van der Waals surface area contributed by atoms with Crippen LogP contribution < -0.4 is 15.4 Å². The minimum atomic E-state index is -1.04. The van der Waals surface area contributed by atoms with Crippen LogP contribution in [0.3, 0.4) is 0 Å². The van der Waals surface area contributed by atoms with Crippen molar-refractivity contribution in [1.29, 1.82) is 0 Å². The highest BCUT2D eigenvalue weighted by atomic mass is 127. The highest BCUT2D eigenvalue weighted by Gasteiger charge is 2.22. The van der Waals surface area contributed by atoms with E-state index < -0.39 is 5.60 Å². The van der Waals surface area contributed by atoms with Crippen LogP contribution in [0.15, 0.2) is 53.7 Å². The van der Waals surface area contributed by atoms with Crippen molar-refractivity contribution in [2.24, 2.45) is 4.99 Å². The standard InChI is InChI=1S/C19H25ClN4O2.HI/c1-3-21-18(23-12-13-26-17-16(20)10-7-11-22-17)24-14-19(2,25)15-8-5-4-6-9-15;/h4-11,25H,3,12-14H2,1-2H3,(H2,21,23,24);1H. The first kappa shape index (κ1) is 23.5. The van der Waals surface area contributed by atoms with Gasteiger partial charge in [-0.25, -0.2) is 9.98 Å². The van der Waals surface area contributed by atoms with E-state index in [1.807, 2.05) is 37.3 Å². The molecule has 2 aromatic rings. The fourth-order valence-electron chi connectivity index (χ4n) is 2.26. The third kappa shape index (κ3) is 7.90. The van der Waals surface area contributed by atoms with Crippen molar-refractivity contribution in [3.63, 3.8) is 0 Å². The summed E-state index contributed by atoms with van der Waals surface area (Å²) in [4.78, 5) is 8.54. The van der Waals surface area contributed by atoms with Gasteiger partial charge in [-0.05, 0) is 31.5 Å². The van der Waals surface area contributed by atoms with E-state index in [0.29, 0.717) is 36.6 Å². The molecule has 3 N–H and O–H groups in total. The Morgan fingerprint density at radius 3 is 2.63 bits per heavy atom. The number of aliphatic imine (C=N–C) groups is 1. The fourth-order valence-corrected chi connectivity index (χ4v) is 2.43. The minimum absolute atomic E-state index is 0. The zero-order valence-electron chi connectivity index (χ0n) is 15.5. The Hall–Kier alpha value is -1.58. The van der Waals surface area contributed by atoms with E-state index in [1.165, 1.54) is 0 Å². The van der Waals surface area contributed by atoms with Crippen LogP contribution in [0.2, 0.25) is 5.02 Å². The lowest BCUT2D eigenvalue weighted by atomic mass is 9.96. The molecule has 148 valence electrons. The Morgan fingerprint density at radius 1 is 1.22 bits per heavy atom. The van der Waals surface area contributed by atoms with E-state index >= 15 is 0 Å². The van der Waals surface area contributed by atoms with Crippen LogP contribution in [-0.2, 0) is 5.60 Å². The summed E-state index contributed by atoms with van der Waals surface area (Å²) in [6, 6.07) is 13.0. The van der Waals surface area contributed by atoms with Gasteiger partial charge in [-0.15, -0.1) is 24.0 Å². The second-order valence-corrected chi connectivity index (χ2v) is 6.31. The Kier molecular flexibility index (Phi) is 10.4. The smallest absolute Gasteiger partial charge is 0.232 e. The number of ether oxygens (including phenoxy) is 1. The molecule has 1 atom stereocenters. The summed E-state index contributed by atoms with van der Waals surface area (Å²) in [5, 5.41) is 17.4. The number of guanidine groups is 1. The van der Waals surface area contributed by atoms with Gasteiger partial charge in [0.15, 0.2) is 5.96 Å². The number of hydrogen-bond donors (Lipinski definition) is 3. The summed E-state index contributed by atoms with van der Waals surface area (Å²) in [7, 11) is 0. The molecule has 0 amide bonds. The summed E-state index contributed by atoms with van der Waals surface area (Å²) in [6.07, 6.45) is 1.63. The van der Waals surface area contributed by atoms with Gasteiger partial charge in [-0.3, -0.25) is 0 Å². The Labute approximate surface area is 182 Å². The molecule has 1 heterocycles. The maximum atomic E-state index is 10.6. The van der Waals surface area contributed by atoms with Gasteiger partial charge in [0.25, 0.3) is 0 Å². The number of rotatable bonds is 8. The molecule has 0 saturated heterocycles. The Morgan fingerprint density at radius 2 is 1.96 bits per heavy atom. The van der Waals surface area contributed by atoms with Crippen molar-refractivity contribution in [2.75, 3.05) is 26.2 Å². The van der Waals surface area contributed by atoms with Gasteiger partial charge in [0.05, 0.1) is 13.1 Å². The van der Waals surface area contributed by atoms with E-state index in [2.05, 4.69) is 20.6 Å². The van der Waals surface area contributed by atoms with Crippen LogP contribution in [0, 0.1) is 0 Å². The lowest BCUT2D eigenvalue weighted by Crippen LogP contribution is -2.40. The van der Waals surface area contributed by atoms with Gasteiger partial charge < -0.3 is 20.5 Å². The third-order valence-corrected chi connectivity index (χ3v) is 3.93. The highest BCUT2D eigenvalue weighted by molar-refractivity contribution is 14.0. The average molecular weight is 505 g/mol. The maximum Gasteiger partial charge on any atom is 0.232 e. The first-order valence-corrected chi connectivity index (χ1v) is 8.94. The molecule has 0 spiro atoms. The molecule has 0 saturated carbocycles. The first-order valence-electron chi connectivity index (χ1n) is 8.56. The lowest BCUT2D eigenvalue weighted by molar-refractivity contribution is 0.0672. The largest absolute Gasteiger partial charge is 0.475 e. The van der Waals surface area contributed by atoms with Crippen LogP contribution in [0.25, 0.3) is 0 Å². The highest BCUT2D eigenvalue weighted by Crippen LogP contribution is 2.20. The zero-order chi connectivity index (χ0) is 18.8. The third-order valence-electron chi connectivity index (χ3n) is 3.64. The van der Waals surface area contributed by atoms with Gasteiger partial charge in [0.1, 0.15) is 17.2 Å². The van der Waals surface area contributed by atoms with Crippen LogP contribution >= 0.6 is 35.6 Å². The van der Waals surface area contributed by atoms with Crippen molar-refractivity contribution in [2.45, 2.75) is 19.4 Å². The predicted molar refractivity (Wildman–Crippen MR) is 120 cm³/mol. The number of nitrogens with zero attached hydrogens (tertiary/aromatic N) is 2. The van der Waals surface area contributed by atoms with Crippen LogP contribution in [0.4, 0.5) is 0 Å². The number of nitrogens with one attached hydrogen (secondary N) is 2. The number of pyridine rings is 1. The van der Waals surface area contributed by atoms with Crippen molar-refractivity contribution >= 4 is 41.5 Å². The Bertz CT molecular complexity index is 714. The number of hydrogen-bond acceptors (Lipinski definition) is 4. The summed E-state index contributed by atoms with van der Waals surface area (Å²) in [6.45, 7) is 5.59. The van der Waals surface area contributed by atoms with Crippen LogP contribution in [-0.4, -0.2) is 42.3 Å². The second kappa shape index (κ2) is 12.0. The molecule has 1 aromatic heterocycles. The molecule has 0 fully saturated rings. The molecule has 2 rings (SSSR count). The molecular formula is C19H26ClIN4O2. The maximum absolute atomic E-state index is 10.6. The summed E-state index contributed by atoms with van der Waals surface area (Å²) >= 11 is 6.00. The quantitative estimate of drug-likeness (QED) is 0.223.